The summed E-state index contributed by atoms with van der Waals surface area (Å²) in [4.78, 5) is 3.70. The molecule has 1 fully saturated rings. The lowest BCUT2D eigenvalue weighted by Crippen LogP contribution is -2.31. The van der Waals surface area contributed by atoms with Gasteiger partial charge < -0.3 is 5.32 Å². The van der Waals surface area contributed by atoms with Gasteiger partial charge in [0, 0.05) is 18.8 Å². The van der Waals surface area contributed by atoms with Crippen molar-refractivity contribution in [2.45, 2.75) is 30.2 Å². The van der Waals surface area contributed by atoms with Gasteiger partial charge in [0.2, 0.25) is 10.0 Å². The molecule has 2 rings (SSSR count). The molecule has 102 valence electrons. The first-order valence-electron chi connectivity index (χ1n) is 6.21. The summed E-state index contributed by atoms with van der Waals surface area (Å²) >= 11 is 0. The van der Waals surface area contributed by atoms with Crippen molar-refractivity contribution in [2.24, 2.45) is 0 Å². The number of hydrogen-bond acceptors (Lipinski definition) is 5. The Morgan fingerprint density at radius 1 is 1.58 bits per heavy atom. The number of nitriles is 1. The zero-order chi connectivity index (χ0) is 13.7. The van der Waals surface area contributed by atoms with Crippen LogP contribution in [0.3, 0.4) is 0 Å². The average molecular weight is 280 g/mol. The Balaban J connectivity index is 1.99. The predicted molar refractivity (Wildman–Crippen MR) is 69.8 cm³/mol. The minimum atomic E-state index is -3.66. The molecule has 19 heavy (non-hydrogen) atoms. The topological polar surface area (TPSA) is 94.9 Å². The highest BCUT2D eigenvalue weighted by Gasteiger charge is 2.20. The summed E-state index contributed by atoms with van der Waals surface area (Å²) in [7, 11) is -3.66. The van der Waals surface area contributed by atoms with Crippen LogP contribution in [0.1, 0.15) is 25.0 Å². The highest BCUT2D eigenvalue weighted by molar-refractivity contribution is 7.89. The SMILES string of the molecule is N#Cc1ncccc1S(=O)(=O)NCC[C@@H]1CCCN1. The maximum absolute atomic E-state index is 12.1. The van der Waals surface area contributed by atoms with Gasteiger partial charge in [-0.15, -0.1) is 0 Å². The van der Waals surface area contributed by atoms with E-state index in [4.69, 9.17) is 5.26 Å². The molecule has 0 radical (unpaired) electrons. The van der Waals surface area contributed by atoms with E-state index in [1.165, 1.54) is 18.3 Å². The minimum Gasteiger partial charge on any atom is -0.314 e. The third kappa shape index (κ3) is 3.50. The highest BCUT2D eigenvalue weighted by atomic mass is 32.2. The molecule has 0 aliphatic carbocycles. The van der Waals surface area contributed by atoms with Gasteiger partial charge in [0.15, 0.2) is 5.69 Å². The van der Waals surface area contributed by atoms with Crippen LogP contribution in [-0.4, -0.2) is 32.5 Å². The Bertz CT molecular complexity index is 574. The number of sulfonamides is 1. The maximum atomic E-state index is 12.1. The lowest BCUT2D eigenvalue weighted by Gasteiger charge is -2.11. The van der Waals surface area contributed by atoms with Crippen molar-refractivity contribution in [3.8, 4) is 6.07 Å². The fraction of sp³-hybridized carbons (Fsp3) is 0.500. The largest absolute Gasteiger partial charge is 0.314 e. The number of aromatic nitrogens is 1. The highest BCUT2D eigenvalue weighted by Crippen LogP contribution is 2.12. The average Bonchev–Trinajstić information content (AvgIpc) is 2.91. The van der Waals surface area contributed by atoms with E-state index in [1.807, 2.05) is 0 Å². The van der Waals surface area contributed by atoms with E-state index in [0.29, 0.717) is 12.6 Å². The van der Waals surface area contributed by atoms with Crippen molar-refractivity contribution >= 4 is 10.0 Å². The number of pyridine rings is 1. The molecule has 1 aromatic heterocycles. The van der Waals surface area contributed by atoms with Crippen LogP contribution >= 0.6 is 0 Å². The number of rotatable bonds is 5. The molecule has 0 amide bonds. The lowest BCUT2D eigenvalue weighted by molar-refractivity contribution is 0.539. The van der Waals surface area contributed by atoms with Gasteiger partial charge in [-0.05, 0) is 37.9 Å². The summed E-state index contributed by atoms with van der Waals surface area (Å²) in [6, 6.07) is 5.07. The summed E-state index contributed by atoms with van der Waals surface area (Å²) in [6.45, 7) is 1.36. The number of nitrogens with zero attached hydrogens (tertiary/aromatic N) is 2. The molecule has 1 aliphatic rings. The predicted octanol–water partition coefficient (Wildman–Crippen LogP) is 0.374. The zero-order valence-corrected chi connectivity index (χ0v) is 11.3. The summed E-state index contributed by atoms with van der Waals surface area (Å²) in [5.74, 6) is 0. The molecular formula is C12H16N4O2S. The molecule has 1 atom stereocenters. The molecule has 1 aromatic rings. The van der Waals surface area contributed by atoms with E-state index in [0.717, 1.165) is 25.8 Å². The van der Waals surface area contributed by atoms with Crippen molar-refractivity contribution in [3.63, 3.8) is 0 Å². The van der Waals surface area contributed by atoms with Gasteiger partial charge in [-0.3, -0.25) is 0 Å². The Morgan fingerprint density at radius 3 is 3.11 bits per heavy atom. The molecule has 2 heterocycles. The van der Waals surface area contributed by atoms with E-state index < -0.39 is 10.0 Å². The normalized spacial score (nSPS) is 19.2. The summed E-state index contributed by atoms with van der Waals surface area (Å²) in [5, 5.41) is 12.2. The second-order valence-electron chi connectivity index (χ2n) is 4.44. The van der Waals surface area contributed by atoms with Crippen molar-refractivity contribution < 1.29 is 8.42 Å². The van der Waals surface area contributed by atoms with Crippen LogP contribution in [0.2, 0.25) is 0 Å². The van der Waals surface area contributed by atoms with E-state index in [2.05, 4.69) is 15.0 Å². The van der Waals surface area contributed by atoms with E-state index in [9.17, 15) is 8.42 Å². The lowest BCUT2D eigenvalue weighted by atomic mass is 10.2. The van der Waals surface area contributed by atoms with Gasteiger partial charge >= 0.3 is 0 Å². The van der Waals surface area contributed by atoms with E-state index >= 15 is 0 Å². The van der Waals surface area contributed by atoms with Crippen molar-refractivity contribution in [1.29, 1.82) is 5.26 Å². The third-order valence-corrected chi connectivity index (χ3v) is 4.61. The zero-order valence-electron chi connectivity index (χ0n) is 10.5. The van der Waals surface area contributed by atoms with Gasteiger partial charge in [-0.2, -0.15) is 5.26 Å². The molecule has 0 unspecified atom stereocenters. The van der Waals surface area contributed by atoms with Crippen LogP contribution in [0, 0.1) is 11.3 Å². The molecule has 2 N–H and O–H groups in total. The van der Waals surface area contributed by atoms with Crippen LogP contribution in [0.25, 0.3) is 0 Å². The van der Waals surface area contributed by atoms with Crippen LogP contribution in [0.5, 0.6) is 0 Å². The van der Waals surface area contributed by atoms with Crippen LogP contribution in [0.15, 0.2) is 23.2 Å². The van der Waals surface area contributed by atoms with Gasteiger partial charge in [0.1, 0.15) is 11.0 Å². The van der Waals surface area contributed by atoms with Gasteiger partial charge in [0.25, 0.3) is 0 Å². The fourth-order valence-corrected chi connectivity index (χ4v) is 3.29. The minimum absolute atomic E-state index is 0.0584. The molecule has 7 heteroatoms. The van der Waals surface area contributed by atoms with Crippen LogP contribution in [0.4, 0.5) is 0 Å². The Hall–Kier alpha value is -1.49. The number of hydrogen-bond donors (Lipinski definition) is 2. The van der Waals surface area contributed by atoms with Gasteiger partial charge in [-0.25, -0.2) is 18.1 Å². The van der Waals surface area contributed by atoms with Gasteiger partial charge in [0.05, 0.1) is 0 Å². The maximum Gasteiger partial charge on any atom is 0.243 e. The van der Waals surface area contributed by atoms with Crippen LogP contribution in [-0.2, 0) is 10.0 Å². The van der Waals surface area contributed by atoms with E-state index in [-0.39, 0.29) is 10.6 Å². The molecule has 6 nitrogen and oxygen atoms in total. The second-order valence-corrected chi connectivity index (χ2v) is 6.18. The number of nitrogens with one attached hydrogen (secondary N) is 2. The Morgan fingerprint density at radius 2 is 2.42 bits per heavy atom. The molecule has 1 saturated heterocycles. The monoisotopic (exact) mass is 280 g/mol. The van der Waals surface area contributed by atoms with Crippen molar-refractivity contribution in [2.75, 3.05) is 13.1 Å². The molecular weight excluding hydrogens is 264 g/mol. The molecule has 0 spiro atoms. The second kappa shape index (κ2) is 6.10. The van der Waals surface area contributed by atoms with Gasteiger partial charge in [-0.1, -0.05) is 0 Å². The summed E-state index contributed by atoms with van der Waals surface area (Å²) < 4.78 is 26.6. The van der Waals surface area contributed by atoms with Crippen molar-refractivity contribution in [1.82, 2.24) is 15.0 Å². The quantitative estimate of drug-likeness (QED) is 0.812. The first-order valence-corrected chi connectivity index (χ1v) is 7.70. The molecule has 0 aromatic carbocycles. The van der Waals surface area contributed by atoms with E-state index in [1.54, 1.807) is 6.07 Å². The molecule has 1 aliphatic heterocycles. The standard InChI is InChI=1S/C12H16N4O2S/c13-9-11-12(4-2-7-15-11)19(17,18)16-8-5-10-3-1-6-14-10/h2,4,7,10,14,16H,1,3,5-6,8H2/t10-/m0/s1. The first-order chi connectivity index (χ1) is 9.13. The summed E-state index contributed by atoms with van der Waals surface area (Å²) in [6.07, 6.45) is 4.37. The smallest absolute Gasteiger partial charge is 0.243 e. The Labute approximate surface area is 112 Å². The van der Waals surface area contributed by atoms with Crippen molar-refractivity contribution in [3.05, 3.63) is 24.0 Å². The van der Waals surface area contributed by atoms with Crippen LogP contribution < -0.4 is 10.0 Å². The summed E-state index contributed by atoms with van der Waals surface area (Å²) in [5.41, 5.74) is -0.0750. The molecule has 0 saturated carbocycles. The first kappa shape index (κ1) is 13.9. The Kier molecular flexibility index (Phi) is 4.47. The third-order valence-electron chi connectivity index (χ3n) is 3.11. The molecule has 0 bridgehead atoms. The fourth-order valence-electron chi connectivity index (χ4n) is 2.14.